The van der Waals surface area contributed by atoms with Crippen molar-refractivity contribution in [1.29, 1.82) is 0 Å². The van der Waals surface area contributed by atoms with Gasteiger partial charge >= 0.3 is 0 Å². The largest absolute Gasteiger partial charge is 0.366 e. The summed E-state index contributed by atoms with van der Waals surface area (Å²) in [7, 11) is 0. The van der Waals surface area contributed by atoms with Crippen LogP contribution in [0.2, 0.25) is 0 Å². The highest BCUT2D eigenvalue weighted by Gasteiger charge is 2.18. The van der Waals surface area contributed by atoms with E-state index < -0.39 is 6.29 Å². The lowest BCUT2D eigenvalue weighted by Gasteiger charge is -2.23. The molecule has 0 radical (unpaired) electrons. The van der Waals surface area contributed by atoms with Crippen LogP contribution < -0.4 is 0 Å². The van der Waals surface area contributed by atoms with Gasteiger partial charge in [0.25, 0.3) is 0 Å². The molecule has 3 heteroatoms. The van der Waals surface area contributed by atoms with Crippen molar-refractivity contribution in [3.05, 3.63) is 0 Å². The molecular weight excluding hydrogens is 168 g/mol. The van der Waals surface area contributed by atoms with Crippen molar-refractivity contribution in [3.63, 3.8) is 0 Å². The van der Waals surface area contributed by atoms with Gasteiger partial charge in [-0.05, 0) is 26.7 Å². The molecule has 0 aromatic heterocycles. The third-order valence-corrected chi connectivity index (χ3v) is 2.04. The maximum atomic E-state index is 9.29. The number of aliphatic hydroxyl groups is 1. The highest BCUT2D eigenvalue weighted by atomic mass is 17.2. The van der Waals surface area contributed by atoms with E-state index in [0.29, 0.717) is 6.42 Å². The molecule has 0 rings (SSSR count). The Balaban J connectivity index is 3.51. The average molecular weight is 190 g/mol. The van der Waals surface area contributed by atoms with Gasteiger partial charge in [-0.3, -0.25) is 0 Å². The smallest absolute Gasteiger partial charge is 0.188 e. The van der Waals surface area contributed by atoms with E-state index in [4.69, 9.17) is 9.78 Å². The fraction of sp³-hybridized carbons (Fsp3) is 1.00. The van der Waals surface area contributed by atoms with E-state index in [-0.39, 0.29) is 5.60 Å². The summed E-state index contributed by atoms with van der Waals surface area (Å²) in [6.45, 7) is 7.95. The van der Waals surface area contributed by atoms with Crippen molar-refractivity contribution in [2.45, 2.75) is 65.3 Å². The number of rotatable bonds is 7. The van der Waals surface area contributed by atoms with Crippen LogP contribution in [0.3, 0.4) is 0 Å². The molecule has 3 nitrogen and oxygen atoms in total. The third-order valence-electron chi connectivity index (χ3n) is 2.04. The first-order chi connectivity index (χ1) is 6.02. The summed E-state index contributed by atoms with van der Waals surface area (Å²) in [5, 5.41) is 9.29. The molecule has 0 saturated carbocycles. The average Bonchev–Trinajstić information content (AvgIpc) is 2.11. The highest BCUT2D eigenvalue weighted by molar-refractivity contribution is 4.62. The van der Waals surface area contributed by atoms with E-state index in [1.165, 1.54) is 0 Å². The molecule has 0 aliphatic heterocycles. The summed E-state index contributed by atoms with van der Waals surface area (Å²) >= 11 is 0. The van der Waals surface area contributed by atoms with Gasteiger partial charge in [-0.2, -0.15) is 0 Å². The Bertz CT molecular complexity index is 123. The Morgan fingerprint density at radius 3 is 2.38 bits per heavy atom. The Labute approximate surface area is 81.0 Å². The van der Waals surface area contributed by atoms with Gasteiger partial charge in [0, 0.05) is 6.42 Å². The molecule has 80 valence electrons. The molecule has 0 aromatic carbocycles. The molecule has 1 atom stereocenters. The van der Waals surface area contributed by atoms with E-state index >= 15 is 0 Å². The van der Waals surface area contributed by atoms with Gasteiger partial charge in [-0.25, -0.2) is 9.78 Å². The molecule has 1 unspecified atom stereocenters. The van der Waals surface area contributed by atoms with E-state index in [1.54, 1.807) is 0 Å². The van der Waals surface area contributed by atoms with E-state index in [1.807, 2.05) is 20.8 Å². The predicted molar refractivity (Wildman–Crippen MR) is 52.1 cm³/mol. The number of hydrogen-bond acceptors (Lipinski definition) is 3. The molecule has 13 heavy (non-hydrogen) atoms. The predicted octanol–water partition coefficient (Wildman–Crippen LogP) is 2.63. The topological polar surface area (TPSA) is 38.7 Å². The van der Waals surface area contributed by atoms with Crippen LogP contribution in [-0.4, -0.2) is 17.0 Å². The van der Waals surface area contributed by atoms with Crippen LogP contribution in [0.1, 0.15) is 53.4 Å². The molecule has 0 saturated heterocycles. The van der Waals surface area contributed by atoms with Crippen molar-refractivity contribution >= 4 is 0 Å². The van der Waals surface area contributed by atoms with Crippen LogP contribution in [0, 0.1) is 0 Å². The fourth-order valence-electron chi connectivity index (χ4n) is 0.672. The summed E-state index contributed by atoms with van der Waals surface area (Å²) in [5.41, 5.74) is -0.312. The van der Waals surface area contributed by atoms with Crippen molar-refractivity contribution in [3.8, 4) is 0 Å². The standard InChI is InChI=1S/C10H22O3/c1-5-7-8-9(11)12-13-10(3,4)6-2/h9,11H,5-8H2,1-4H3. The summed E-state index contributed by atoms with van der Waals surface area (Å²) < 4.78 is 0. The van der Waals surface area contributed by atoms with Gasteiger partial charge in [0.1, 0.15) is 0 Å². The van der Waals surface area contributed by atoms with Crippen LogP contribution >= 0.6 is 0 Å². The molecule has 1 N–H and O–H groups in total. The molecule has 0 amide bonds. The van der Waals surface area contributed by atoms with Crippen LogP contribution in [0.4, 0.5) is 0 Å². The normalized spacial score (nSPS) is 14.5. The first-order valence-corrected chi connectivity index (χ1v) is 5.04. The van der Waals surface area contributed by atoms with Crippen LogP contribution in [0.5, 0.6) is 0 Å². The van der Waals surface area contributed by atoms with E-state index in [9.17, 15) is 5.11 Å². The van der Waals surface area contributed by atoms with Gasteiger partial charge in [-0.1, -0.05) is 20.3 Å². The lowest BCUT2D eigenvalue weighted by atomic mass is 10.1. The fourth-order valence-corrected chi connectivity index (χ4v) is 0.672. The van der Waals surface area contributed by atoms with Crippen molar-refractivity contribution in [2.75, 3.05) is 0 Å². The summed E-state index contributed by atoms with van der Waals surface area (Å²) in [4.78, 5) is 9.94. The molecular formula is C10H22O3. The second-order valence-corrected chi connectivity index (χ2v) is 3.89. The summed E-state index contributed by atoms with van der Waals surface area (Å²) in [6, 6.07) is 0. The molecule has 0 aromatic rings. The van der Waals surface area contributed by atoms with Gasteiger partial charge in [0.15, 0.2) is 6.29 Å². The zero-order valence-electron chi connectivity index (χ0n) is 9.17. The Morgan fingerprint density at radius 2 is 1.92 bits per heavy atom. The zero-order chi connectivity index (χ0) is 10.3. The maximum absolute atomic E-state index is 9.29. The lowest BCUT2D eigenvalue weighted by molar-refractivity contribution is -0.413. The van der Waals surface area contributed by atoms with Crippen LogP contribution in [0.15, 0.2) is 0 Å². The second kappa shape index (κ2) is 6.35. The Kier molecular flexibility index (Phi) is 6.29. The SMILES string of the molecule is CCCCC(O)OOC(C)(C)CC. The molecule has 0 aliphatic rings. The maximum Gasteiger partial charge on any atom is 0.188 e. The summed E-state index contributed by atoms with van der Waals surface area (Å²) in [5.74, 6) is 0. The van der Waals surface area contributed by atoms with E-state index in [0.717, 1.165) is 19.3 Å². The minimum Gasteiger partial charge on any atom is -0.366 e. The Morgan fingerprint density at radius 1 is 1.31 bits per heavy atom. The lowest BCUT2D eigenvalue weighted by Crippen LogP contribution is -2.26. The summed E-state index contributed by atoms with van der Waals surface area (Å²) in [6.07, 6.45) is 2.71. The molecule has 0 aliphatic carbocycles. The minimum absolute atomic E-state index is 0.312. The second-order valence-electron chi connectivity index (χ2n) is 3.89. The molecule has 0 heterocycles. The van der Waals surface area contributed by atoms with Gasteiger partial charge < -0.3 is 5.11 Å². The zero-order valence-corrected chi connectivity index (χ0v) is 9.17. The van der Waals surface area contributed by atoms with Crippen molar-refractivity contribution in [1.82, 2.24) is 0 Å². The number of unbranched alkanes of at least 4 members (excludes halogenated alkanes) is 1. The molecule has 0 bridgehead atoms. The number of aliphatic hydroxyl groups excluding tert-OH is 1. The van der Waals surface area contributed by atoms with Gasteiger partial charge in [0.2, 0.25) is 0 Å². The van der Waals surface area contributed by atoms with E-state index in [2.05, 4.69) is 6.92 Å². The molecule has 0 spiro atoms. The number of hydrogen-bond donors (Lipinski definition) is 1. The van der Waals surface area contributed by atoms with Crippen molar-refractivity contribution in [2.24, 2.45) is 0 Å². The first kappa shape index (κ1) is 12.9. The molecule has 0 fully saturated rings. The van der Waals surface area contributed by atoms with Crippen LogP contribution in [0.25, 0.3) is 0 Å². The highest BCUT2D eigenvalue weighted by Crippen LogP contribution is 2.15. The quantitative estimate of drug-likeness (QED) is 0.381. The first-order valence-electron chi connectivity index (χ1n) is 5.04. The van der Waals surface area contributed by atoms with Crippen molar-refractivity contribution < 1.29 is 14.9 Å². The minimum atomic E-state index is -0.786. The third kappa shape index (κ3) is 6.99. The Hall–Kier alpha value is -0.120. The van der Waals surface area contributed by atoms with Gasteiger partial charge in [0.05, 0.1) is 5.60 Å². The van der Waals surface area contributed by atoms with Gasteiger partial charge in [-0.15, -0.1) is 0 Å². The van der Waals surface area contributed by atoms with Crippen LogP contribution in [-0.2, 0) is 9.78 Å². The monoisotopic (exact) mass is 190 g/mol.